The Kier molecular flexibility index (Phi) is 5.15. The van der Waals surface area contributed by atoms with E-state index >= 15 is 0 Å². The second-order valence-electron chi connectivity index (χ2n) is 4.60. The summed E-state index contributed by atoms with van der Waals surface area (Å²) in [5, 5.41) is 8.06. The molecule has 7 heteroatoms. The summed E-state index contributed by atoms with van der Waals surface area (Å²) in [6, 6.07) is 13.6. The van der Waals surface area contributed by atoms with Crippen LogP contribution in [-0.4, -0.2) is 27.5 Å². The molecule has 3 aromatic rings. The van der Waals surface area contributed by atoms with Gasteiger partial charge in [0.25, 0.3) is 0 Å². The van der Waals surface area contributed by atoms with Crippen molar-refractivity contribution in [3.63, 3.8) is 0 Å². The minimum absolute atomic E-state index is 0.328. The lowest BCUT2D eigenvalue weighted by Crippen LogP contribution is -2.00. The van der Waals surface area contributed by atoms with Gasteiger partial charge >= 0.3 is 0 Å². The number of H-pyrrole nitrogens is 1. The zero-order chi connectivity index (χ0) is 16.1. The molecule has 0 radical (unpaired) electrons. The van der Waals surface area contributed by atoms with Crippen LogP contribution in [0, 0.1) is 5.82 Å². The summed E-state index contributed by atoms with van der Waals surface area (Å²) in [7, 11) is 0. The van der Waals surface area contributed by atoms with Gasteiger partial charge in [-0.3, -0.25) is 5.10 Å². The van der Waals surface area contributed by atoms with E-state index in [1.165, 1.54) is 17.8 Å². The first kappa shape index (κ1) is 15.8. The highest BCUT2D eigenvalue weighted by atomic mass is 35.5. The summed E-state index contributed by atoms with van der Waals surface area (Å²) in [5.41, 5.74) is 0.407. The van der Waals surface area contributed by atoms with Gasteiger partial charge in [0.1, 0.15) is 11.6 Å². The van der Waals surface area contributed by atoms with Gasteiger partial charge in [0.2, 0.25) is 5.16 Å². The zero-order valence-corrected chi connectivity index (χ0v) is 13.6. The fourth-order valence-corrected chi connectivity index (χ4v) is 2.65. The molecule has 1 aromatic heterocycles. The van der Waals surface area contributed by atoms with Crippen molar-refractivity contribution in [1.82, 2.24) is 15.2 Å². The number of halogens is 2. The first-order valence-corrected chi connectivity index (χ1v) is 8.27. The maximum absolute atomic E-state index is 13.7. The summed E-state index contributed by atoms with van der Waals surface area (Å²) in [6.07, 6.45) is 0. The molecule has 2 aromatic carbocycles. The van der Waals surface area contributed by atoms with Crippen molar-refractivity contribution in [3.8, 4) is 17.1 Å². The number of hydrogen-bond donors (Lipinski definition) is 1. The van der Waals surface area contributed by atoms with E-state index in [2.05, 4.69) is 15.2 Å². The van der Waals surface area contributed by atoms with E-state index in [0.717, 1.165) is 5.75 Å². The maximum atomic E-state index is 13.7. The Morgan fingerprint density at radius 3 is 2.70 bits per heavy atom. The third-order valence-electron chi connectivity index (χ3n) is 2.99. The van der Waals surface area contributed by atoms with Gasteiger partial charge in [0.05, 0.1) is 12.2 Å². The first-order valence-electron chi connectivity index (χ1n) is 6.91. The standard InChI is InChI=1S/C16H13ClFN3OS/c17-11-5-7-12(8-6-11)22-9-10-23-16-19-15(20-21-16)13-3-1-2-4-14(13)18/h1-8H,9-10H2,(H,19,20,21). The number of hydrogen-bond acceptors (Lipinski definition) is 4. The van der Waals surface area contributed by atoms with Crippen molar-refractivity contribution >= 4 is 23.4 Å². The number of thioether (sulfide) groups is 1. The van der Waals surface area contributed by atoms with Gasteiger partial charge in [-0.25, -0.2) is 9.37 Å². The van der Waals surface area contributed by atoms with Crippen LogP contribution in [0.15, 0.2) is 53.7 Å². The molecule has 23 heavy (non-hydrogen) atoms. The molecule has 0 saturated heterocycles. The van der Waals surface area contributed by atoms with Gasteiger partial charge in [-0.05, 0) is 36.4 Å². The van der Waals surface area contributed by atoms with Crippen LogP contribution in [-0.2, 0) is 0 Å². The van der Waals surface area contributed by atoms with Gasteiger partial charge in [-0.2, -0.15) is 0 Å². The molecule has 0 aliphatic rings. The van der Waals surface area contributed by atoms with Crippen LogP contribution >= 0.6 is 23.4 Å². The highest BCUT2D eigenvalue weighted by molar-refractivity contribution is 7.99. The lowest BCUT2D eigenvalue weighted by Gasteiger charge is -2.04. The third kappa shape index (κ3) is 4.24. The summed E-state index contributed by atoms with van der Waals surface area (Å²) >= 11 is 7.25. The van der Waals surface area contributed by atoms with E-state index in [1.807, 2.05) is 12.1 Å². The molecule has 0 saturated carbocycles. The molecule has 4 nitrogen and oxygen atoms in total. The van der Waals surface area contributed by atoms with Gasteiger partial charge < -0.3 is 4.74 Å². The quantitative estimate of drug-likeness (QED) is 0.528. The molecule has 118 valence electrons. The van der Waals surface area contributed by atoms with Crippen molar-refractivity contribution in [2.45, 2.75) is 5.16 Å². The number of nitrogens with zero attached hydrogens (tertiary/aromatic N) is 2. The van der Waals surface area contributed by atoms with Crippen LogP contribution in [0.25, 0.3) is 11.4 Å². The monoisotopic (exact) mass is 349 g/mol. The number of nitrogens with one attached hydrogen (secondary N) is 1. The first-order chi connectivity index (χ1) is 11.2. The molecule has 0 unspecified atom stereocenters. The molecular formula is C16H13ClFN3OS. The van der Waals surface area contributed by atoms with Crippen molar-refractivity contribution < 1.29 is 9.13 Å². The number of benzene rings is 2. The molecule has 0 bridgehead atoms. The lowest BCUT2D eigenvalue weighted by molar-refractivity contribution is 0.344. The number of ether oxygens (including phenoxy) is 1. The Morgan fingerprint density at radius 1 is 1.13 bits per heavy atom. The molecule has 0 amide bonds. The lowest BCUT2D eigenvalue weighted by atomic mass is 10.2. The molecular weight excluding hydrogens is 337 g/mol. The molecule has 0 atom stereocenters. The predicted octanol–water partition coefficient (Wildman–Crippen LogP) is 4.44. The van der Waals surface area contributed by atoms with E-state index in [9.17, 15) is 4.39 Å². The normalized spacial score (nSPS) is 10.7. The smallest absolute Gasteiger partial charge is 0.208 e. The number of rotatable bonds is 6. The SMILES string of the molecule is Fc1ccccc1-c1nc(SCCOc2ccc(Cl)cc2)n[nH]1. The predicted molar refractivity (Wildman–Crippen MR) is 89.4 cm³/mol. The van der Waals surface area contributed by atoms with E-state index in [1.54, 1.807) is 30.3 Å². The Hall–Kier alpha value is -2.05. The van der Waals surface area contributed by atoms with Crippen LogP contribution in [0.3, 0.4) is 0 Å². The van der Waals surface area contributed by atoms with Crippen LogP contribution in [0.2, 0.25) is 5.02 Å². The largest absolute Gasteiger partial charge is 0.493 e. The van der Waals surface area contributed by atoms with Crippen LogP contribution in [0.1, 0.15) is 0 Å². The van der Waals surface area contributed by atoms with Crippen molar-refractivity contribution in [2.75, 3.05) is 12.4 Å². The van der Waals surface area contributed by atoms with Gasteiger partial charge in [0, 0.05) is 10.8 Å². The molecule has 0 aliphatic carbocycles. The van der Waals surface area contributed by atoms with Crippen LogP contribution < -0.4 is 4.74 Å². The average Bonchev–Trinajstić information content (AvgIpc) is 3.02. The third-order valence-corrected chi connectivity index (χ3v) is 4.05. The minimum atomic E-state index is -0.328. The Labute approximate surface area is 142 Å². The molecule has 0 spiro atoms. The van der Waals surface area contributed by atoms with Gasteiger partial charge in [-0.1, -0.05) is 35.5 Å². The fourth-order valence-electron chi connectivity index (χ4n) is 1.91. The van der Waals surface area contributed by atoms with Crippen molar-refractivity contribution in [2.24, 2.45) is 0 Å². The van der Waals surface area contributed by atoms with Crippen molar-refractivity contribution in [1.29, 1.82) is 0 Å². The summed E-state index contributed by atoms with van der Waals surface area (Å²) in [4.78, 5) is 4.28. The van der Waals surface area contributed by atoms with Crippen LogP contribution in [0.5, 0.6) is 5.75 Å². The Morgan fingerprint density at radius 2 is 1.91 bits per heavy atom. The van der Waals surface area contributed by atoms with E-state index in [4.69, 9.17) is 16.3 Å². The second-order valence-corrected chi connectivity index (χ2v) is 6.10. The summed E-state index contributed by atoms with van der Waals surface area (Å²) in [5.74, 6) is 1.53. The molecule has 1 N–H and O–H groups in total. The van der Waals surface area contributed by atoms with E-state index in [-0.39, 0.29) is 5.82 Å². The second kappa shape index (κ2) is 7.48. The maximum Gasteiger partial charge on any atom is 0.208 e. The van der Waals surface area contributed by atoms with Gasteiger partial charge in [0.15, 0.2) is 5.82 Å². The zero-order valence-electron chi connectivity index (χ0n) is 12.0. The minimum Gasteiger partial charge on any atom is -0.493 e. The summed E-state index contributed by atoms with van der Waals surface area (Å²) in [6.45, 7) is 0.510. The average molecular weight is 350 g/mol. The molecule has 3 rings (SSSR count). The number of aromatic nitrogens is 3. The molecule has 1 heterocycles. The van der Waals surface area contributed by atoms with Crippen LogP contribution in [0.4, 0.5) is 4.39 Å². The van der Waals surface area contributed by atoms with E-state index in [0.29, 0.717) is 33.9 Å². The van der Waals surface area contributed by atoms with E-state index < -0.39 is 0 Å². The topological polar surface area (TPSA) is 50.8 Å². The Balaban J connectivity index is 1.52. The summed E-state index contributed by atoms with van der Waals surface area (Å²) < 4.78 is 19.3. The number of aromatic amines is 1. The highest BCUT2D eigenvalue weighted by Crippen LogP contribution is 2.22. The highest BCUT2D eigenvalue weighted by Gasteiger charge is 2.09. The molecule has 0 aliphatic heterocycles. The Bertz CT molecular complexity index is 779. The van der Waals surface area contributed by atoms with Crippen molar-refractivity contribution in [3.05, 3.63) is 59.4 Å². The van der Waals surface area contributed by atoms with Gasteiger partial charge in [-0.15, -0.1) is 5.10 Å². The fraction of sp³-hybridized carbons (Fsp3) is 0.125. The molecule has 0 fully saturated rings.